The molecular weight excluding hydrogens is 300 g/mol. The van der Waals surface area contributed by atoms with Crippen molar-refractivity contribution >= 4 is 17.5 Å². The Labute approximate surface area is 127 Å². The Hall–Kier alpha value is -1.20. The highest BCUT2D eigenvalue weighted by Gasteiger charge is 2.37. The fourth-order valence-electron chi connectivity index (χ4n) is 2.54. The monoisotopic (exact) mass is 317 g/mol. The molecule has 1 aromatic rings. The van der Waals surface area contributed by atoms with Gasteiger partial charge in [-0.3, -0.25) is 4.79 Å². The maximum Gasteiger partial charge on any atom is 0.260 e. The zero-order valence-electron chi connectivity index (χ0n) is 12.3. The van der Waals surface area contributed by atoms with E-state index >= 15 is 0 Å². The second kappa shape index (κ2) is 5.89. The molecule has 0 radical (unpaired) electrons. The van der Waals surface area contributed by atoms with Crippen LogP contribution in [0.15, 0.2) is 12.1 Å². The number of hydrogen-bond donors (Lipinski definition) is 0. The van der Waals surface area contributed by atoms with Crippen LogP contribution in [0.3, 0.4) is 0 Å². The van der Waals surface area contributed by atoms with E-state index in [2.05, 4.69) is 0 Å². The Morgan fingerprint density at radius 2 is 2.14 bits per heavy atom. The lowest BCUT2D eigenvalue weighted by molar-refractivity contribution is -0.117. The summed E-state index contributed by atoms with van der Waals surface area (Å²) >= 11 is 5.80. The minimum Gasteiger partial charge on any atom is -0.367 e. The zero-order chi connectivity index (χ0) is 15.8. The van der Waals surface area contributed by atoms with E-state index < -0.39 is 28.7 Å². The quantitative estimate of drug-likeness (QED) is 0.784. The van der Waals surface area contributed by atoms with E-state index in [1.165, 1.54) is 17.9 Å². The van der Waals surface area contributed by atoms with Crippen molar-refractivity contribution in [2.24, 2.45) is 0 Å². The van der Waals surface area contributed by atoms with Gasteiger partial charge in [-0.05, 0) is 32.4 Å². The molecule has 1 fully saturated rings. The van der Waals surface area contributed by atoms with Gasteiger partial charge in [0.25, 0.3) is 5.91 Å². The van der Waals surface area contributed by atoms with Crippen molar-refractivity contribution < 1.29 is 18.3 Å². The lowest BCUT2D eigenvalue weighted by Gasteiger charge is -2.42. The molecule has 1 heterocycles. The van der Waals surface area contributed by atoms with Crippen LogP contribution in [-0.4, -0.2) is 41.5 Å². The number of nitrogens with zero attached hydrogens (tertiary/aromatic N) is 1. The van der Waals surface area contributed by atoms with Gasteiger partial charge in [-0.1, -0.05) is 6.07 Å². The summed E-state index contributed by atoms with van der Waals surface area (Å²) in [6.45, 7) is 5.60. The van der Waals surface area contributed by atoms with E-state index in [1.54, 1.807) is 0 Å². The Morgan fingerprint density at radius 1 is 1.48 bits per heavy atom. The molecular formula is C15H18ClF2NO2. The van der Waals surface area contributed by atoms with Crippen LogP contribution in [0.5, 0.6) is 0 Å². The minimum absolute atomic E-state index is 0.214. The Kier molecular flexibility index (Phi) is 4.54. The molecule has 1 saturated heterocycles. The van der Waals surface area contributed by atoms with Gasteiger partial charge >= 0.3 is 0 Å². The Morgan fingerprint density at radius 3 is 2.76 bits per heavy atom. The van der Waals surface area contributed by atoms with Crippen LogP contribution >= 0.6 is 11.6 Å². The number of morpholine rings is 1. The van der Waals surface area contributed by atoms with E-state index in [4.69, 9.17) is 16.3 Å². The highest BCUT2D eigenvalue weighted by atomic mass is 35.5. The number of rotatable bonds is 2. The summed E-state index contributed by atoms with van der Waals surface area (Å²) in [7, 11) is 0. The second-order valence-electron chi connectivity index (χ2n) is 5.89. The number of carbonyl (C=O) groups excluding carboxylic acids is 1. The van der Waals surface area contributed by atoms with Gasteiger partial charge in [-0.15, -0.1) is 11.6 Å². The summed E-state index contributed by atoms with van der Waals surface area (Å²) in [6, 6.07) is 2.42. The number of aryl methyl sites for hydroxylation is 1. The fourth-order valence-corrected chi connectivity index (χ4v) is 2.70. The molecule has 1 amide bonds. The van der Waals surface area contributed by atoms with Gasteiger partial charge < -0.3 is 9.64 Å². The van der Waals surface area contributed by atoms with Crippen LogP contribution in [0.4, 0.5) is 8.78 Å². The van der Waals surface area contributed by atoms with Crippen molar-refractivity contribution in [1.29, 1.82) is 0 Å². The lowest BCUT2D eigenvalue weighted by atomic mass is 10.0. The number of amides is 1. The van der Waals surface area contributed by atoms with E-state index in [1.807, 2.05) is 13.8 Å². The van der Waals surface area contributed by atoms with Gasteiger partial charge in [-0.25, -0.2) is 8.78 Å². The molecule has 0 N–H and O–H groups in total. The first-order chi connectivity index (χ1) is 9.75. The van der Waals surface area contributed by atoms with Gasteiger partial charge in [0, 0.05) is 13.1 Å². The zero-order valence-corrected chi connectivity index (χ0v) is 13.0. The molecule has 0 saturated carbocycles. The first-order valence-corrected chi connectivity index (χ1v) is 7.26. The SMILES string of the molecule is Cc1ccc(F)c(C(=O)N2CC(CCl)OC(C)(C)C2)c1F. The first kappa shape index (κ1) is 16.2. The highest BCUT2D eigenvalue weighted by molar-refractivity contribution is 6.18. The minimum atomic E-state index is -0.852. The third kappa shape index (κ3) is 3.35. The average molecular weight is 318 g/mol. The maximum absolute atomic E-state index is 14.1. The van der Waals surface area contributed by atoms with Crippen LogP contribution in [0.1, 0.15) is 29.8 Å². The molecule has 3 nitrogen and oxygen atoms in total. The maximum atomic E-state index is 14.1. The Bertz CT molecular complexity index is 563. The molecule has 116 valence electrons. The molecule has 1 aliphatic heterocycles. The second-order valence-corrected chi connectivity index (χ2v) is 6.20. The molecule has 2 rings (SSSR count). The van der Waals surface area contributed by atoms with E-state index in [0.717, 1.165) is 6.07 Å². The summed E-state index contributed by atoms with van der Waals surface area (Å²) in [5.41, 5.74) is -0.883. The molecule has 0 aliphatic carbocycles. The molecule has 0 spiro atoms. The molecule has 1 unspecified atom stereocenters. The normalized spacial score (nSPS) is 21.4. The summed E-state index contributed by atoms with van der Waals surface area (Å²) in [6.07, 6.45) is -0.352. The van der Waals surface area contributed by atoms with Crippen LogP contribution in [-0.2, 0) is 4.74 Å². The van der Waals surface area contributed by atoms with E-state index in [9.17, 15) is 13.6 Å². The van der Waals surface area contributed by atoms with Crippen molar-refractivity contribution in [3.63, 3.8) is 0 Å². The van der Waals surface area contributed by atoms with Crippen LogP contribution in [0.25, 0.3) is 0 Å². The van der Waals surface area contributed by atoms with Gasteiger partial charge in [0.05, 0.1) is 17.6 Å². The van der Waals surface area contributed by atoms with Crippen molar-refractivity contribution in [2.45, 2.75) is 32.5 Å². The van der Waals surface area contributed by atoms with Gasteiger partial charge in [-0.2, -0.15) is 0 Å². The highest BCUT2D eigenvalue weighted by Crippen LogP contribution is 2.25. The van der Waals surface area contributed by atoms with Crippen LogP contribution in [0, 0.1) is 18.6 Å². The van der Waals surface area contributed by atoms with Gasteiger partial charge in [0.15, 0.2) is 0 Å². The number of hydrogen-bond acceptors (Lipinski definition) is 2. The Balaban J connectivity index is 2.34. The number of benzene rings is 1. The number of alkyl halides is 1. The predicted molar refractivity (Wildman–Crippen MR) is 76.7 cm³/mol. The number of carbonyl (C=O) groups is 1. The topological polar surface area (TPSA) is 29.5 Å². The predicted octanol–water partition coefficient (Wildman–Crippen LogP) is 3.13. The first-order valence-electron chi connectivity index (χ1n) is 6.73. The summed E-state index contributed by atoms with van der Waals surface area (Å²) in [5, 5.41) is 0. The van der Waals surface area contributed by atoms with Gasteiger partial charge in [0.1, 0.15) is 17.2 Å². The molecule has 6 heteroatoms. The average Bonchev–Trinajstić information content (AvgIpc) is 2.41. The summed E-state index contributed by atoms with van der Waals surface area (Å²) in [4.78, 5) is 13.9. The van der Waals surface area contributed by atoms with Crippen molar-refractivity contribution in [1.82, 2.24) is 4.90 Å². The molecule has 1 aliphatic rings. The van der Waals surface area contributed by atoms with Crippen LogP contribution < -0.4 is 0 Å². The van der Waals surface area contributed by atoms with Crippen molar-refractivity contribution in [3.8, 4) is 0 Å². The number of halogens is 3. The van der Waals surface area contributed by atoms with E-state index in [-0.39, 0.29) is 30.6 Å². The van der Waals surface area contributed by atoms with Crippen LogP contribution in [0.2, 0.25) is 0 Å². The molecule has 0 bridgehead atoms. The summed E-state index contributed by atoms with van der Waals surface area (Å²) < 4.78 is 33.7. The van der Waals surface area contributed by atoms with E-state index in [0.29, 0.717) is 0 Å². The molecule has 1 atom stereocenters. The largest absolute Gasteiger partial charge is 0.367 e. The van der Waals surface area contributed by atoms with Crippen molar-refractivity contribution in [3.05, 3.63) is 34.9 Å². The standard InChI is InChI=1S/C15H18ClF2NO2/c1-9-4-5-11(17)12(13(9)18)14(20)19-7-10(6-16)21-15(2,3)8-19/h4-5,10H,6-8H2,1-3H3. The van der Waals surface area contributed by atoms with Gasteiger partial charge in [0.2, 0.25) is 0 Å². The third-order valence-corrected chi connectivity index (χ3v) is 3.78. The fraction of sp³-hybridized carbons (Fsp3) is 0.533. The molecule has 0 aromatic heterocycles. The number of ether oxygens (including phenoxy) is 1. The molecule has 1 aromatic carbocycles. The third-order valence-electron chi connectivity index (χ3n) is 3.44. The smallest absolute Gasteiger partial charge is 0.260 e. The molecule has 21 heavy (non-hydrogen) atoms. The summed E-state index contributed by atoms with van der Waals surface area (Å²) in [5.74, 6) is -2.12. The lowest BCUT2D eigenvalue weighted by Crippen LogP contribution is -2.55. The van der Waals surface area contributed by atoms with Crippen molar-refractivity contribution in [2.75, 3.05) is 19.0 Å².